The zero-order chi connectivity index (χ0) is 21.8. The van der Waals surface area contributed by atoms with Crippen LogP contribution in [0, 0.1) is 0 Å². The molecule has 0 radical (unpaired) electrons. The molecule has 0 bridgehead atoms. The van der Waals surface area contributed by atoms with E-state index >= 15 is 0 Å². The lowest BCUT2D eigenvalue weighted by Crippen LogP contribution is -2.24. The van der Waals surface area contributed by atoms with Gasteiger partial charge in [-0.3, -0.25) is 9.59 Å². The second-order valence-corrected chi connectivity index (χ2v) is 6.56. The van der Waals surface area contributed by atoms with Gasteiger partial charge in [-0.1, -0.05) is 23.4 Å². The third-order valence-electron chi connectivity index (χ3n) is 4.28. The van der Waals surface area contributed by atoms with Crippen LogP contribution in [0.2, 0.25) is 0 Å². The van der Waals surface area contributed by atoms with E-state index in [9.17, 15) is 9.59 Å². The molecule has 1 amide bonds. The lowest BCUT2D eigenvalue weighted by Gasteiger charge is -2.17. The number of carbonyl (C=O) groups is 2. The normalized spacial score (nSPS) is 12.4. The van der Waals surface area contributed by atoms with Crippen molar-refractivity contribution in [3.8, 4) is 0 Å². The first-order valence-corrected chi connectivity index (χ1v) is 10.1. The first-order chi connectivity index (χ1) is 14.5. The van der Waals surface area contributed by atoms with E-state index in [1.54, 1.807) is 13.1 Å². The Morgan fingerprint density at radius 3 is 2.50 bits per heavy atom. The van der Waals surface area contributed by atoms with Crippen molar-refractivity contribution in [2.45, 2.75) is 33.7 Å². The minimum Gasteiger partial charge on any atom is -0.466 e. The molecule has 0 fully saturated rings. The molecule has 7 nitrogen and oxygen atoms in total. The number of ether oxygens (including phenoxy) is 1. The molecule has 7 heteroatoms. The van der Waals surface area contributed by atoms with Crippen LogP contribution >= 0.6 is 0 Å². The molecule has 0 aromatic heterocycles. The Bertz CT molecular complexity index is 863. The zero-order valence-electron chi connectivity index (χ0n) is 17.7. The predicted molar refractivity (Wildman–Crippen MR) is 118 cm³/mol. The molecule has 2 aromatic carbocycles. The van der Waals surface area contributed by atoms with Gasteiger partial charge in [0.05, 0.1) is 12.8 Å². The van der Waals surface area contributed by atoms with E-state index in [-0.39, 0.29) is 11.9 Å². The predicted octanol–water partition coefficient (Wildman–Crippen LogP) is 3.52. The van der Waals surface area contributed by atoms with E-state index < -0.39 is 0 Å². The molecule has 0 atom stereocenters. The molecule has 0 saturated heterocycles. The molecule has 30 heavy (non-hydrogen) atoms. The first-order valence-electron chi connectivity index (χ1n) is 10.1. The second kappa shape index (κ2) is 12.4. The molecule has 2 N–H and O–H groups in total. The molecule has 1 heterocycles. The lowest BCUT2D eigenvalue weighted by molar-refractivity contribution is -0.140. The SMILES string of the molecule is CCOC(C)=O.CCON=Cc1ccc(NC(=O)c2ccc3c(c2)CNCC3)cc1. The Labute approximate surface area is 177 Å². The van der Waals surface area contributed by atoms with Crippen LogP contribution in [-0.4, -0.2) is 37.8 Å². The summed E-state index contributed by atoms with van der Waals surface area (Å²) in [6.07, 6.45) is 2.66. The van der Waals surface area contributed by atoms with E-state index in [4.69, 9.17) is 4.84 Å². The zero-order valence-corrected chi connectivity index (χ0v) is 17.7. The van der Waals surface area contributed by atoms with Crippen LogP contribution in [0.25, 0.3) is 0 Å². The largest absolute Gasteiger partial charge is 0.466 e. The van der Waals surface area contributed by atoms with Crippen molar-refractivity contribution >= 4 is 23.8 Å². The summed E-state index contributed by atoms with van der Waals surface area (Å²) in [5.74, 6) is -0.309. The molecule has 2 aromatic rings. The van der Waals surface area contributed by atoms with Gasteiger partial charge in [0.15, 0.2) is 0 Å². The van der Waals surface area contributed by atoms with Crippen molar-refractivity contribution < 1.29 is 19.2 Å². The number of fused-ring (bicyclic) bond motifs is 1. The Morgan fingerprint density at radius 1 is 1.10 bits per heavy atom. The summed E-state index contributed by atoms with van der Waals surface area (Å²) >= 11 is 0. The monoisotopic (exact) mass is 411 g/mol. The molecular formula is C23H29N3O4. The van der Waals surface area contributed by atoms with Crippen molar-refractivity contribution in [1.82, 2.24) is 5.32 Å². The van der Waals surface area contributed by atoms with Gasteiger partial charge < -0.3 is 20.2 Å². The highest BCUT2D eigenvalue weighted by atomic mass is 16.6. The Kier molecular flexibility index (Phi) is 9.54. The van der Waals surface area contributed by atoms with Gasteiger partial charge >= 0.3 is 5.97 Å². The first kappa shape index (κ1) is 23.1. The van der Waals surface area contributed by atoms with Gasteiger partial charge in [0.25, 0.3) is 5.91 Å². The average Bonchev–Trinajstić information content (AvgIpc) is 2.75. The molecule has 0 saturated carbocycles. The summed E-state index contributed by atoms with van der Waals surface area (Å²) in [4.78, 5) is 27.2. The summed E-state index contributed by atoms with van der Waals surface area (Å²) in [5.41, 5.74) is 4.88. The highest BCUT2D eigenvalue weighted by molar-refractivity contribution is 6.04. The third-order valence-corrected chi connectivity index (χ3v) is 4.28. The smallest absolute Gasteiger partial charge is 0.302 e. The van der Waals surface area contributed by atoms with E-state index in [1.165, 1.54) is 18.1 Å². The number of carbonyl (C=O) groups excluding carboxylic acids is 2. The lowest BCUT2D eigenvalue weighted by atomic mass is 9.98. The van der Waals surface area contributed by atoms with Gasteiger partial charge in [-0.15, -0.1) is 0 Å². The van der Waals surface area contributed by atoms with Gasteiger partial charge in [-0.2, -0.15) is 0 Å². The molecule has 160 valence electrons. The summed E-state index contributed by atoms with van der Waals surface area (Å²) in [6.45, 7) is 7.90. The number of anilines is 1. The standard InChI is InChI=1S/C19H21N3O2.C4H8O2/c1-2-24-21-12-14-3-7-18(8-4-14)22-19(23)16-6-5-15-9-10-20-13-17(15)11-16;1-3-6-4(2)5/h3-8,11-12,20H,2,9-10,13H2,1H3,(H,22,23);3H2,1-2H3. The molecule has 0 aliphatic carbocycles. The van der Waals surface area contributed by atoms with Crippen LogP contribution in [0.1, 0.15) is 47.8 Å². The number of esters is 1. The van der Waals surface area contributed by atoms with Crippen LogP contribution < -0.4 is 10.6 Å². The van der Waals surface area contributed by atoms with E-state index in [0.29, 0.717) is 18.8 Å². The van der Waals surface area contributed by atoms with Crippen LogP contribution in [0.5, 0.6) is 0 Å². The number of rotatable bonds is 6. The van der Waals surface area contributed by atoms with Gasteiger partial charge in [0.1, 0.15) is 6.61 Å². The number of hydrogen-bond acceptors (Lipinski definition) is 6. The van der Waals surface area contributed by atoms with Gasteiger partial charge in [0.2, 0.25) is 0 Å². The average molecular weight is 412 g/mol. The number of amides is 1. The van der Waals surface area contributed by atoms with Gasteiger partial charge in [-0.25, -0.2) is 0 Å². The third kappa shape index (κ3) is 7.67. The van der Waals surface area contributed by atoms with E-state index in [0.717, 1.165) is 30.8 Å². The maximum Gasteiger partial charge on any atom is 0.302 e. The van der Waals surface area contributed by atoms with E-state index in [1.807, 2.05) is 43.3 Å². The van der Waals surface area contributed by atoms with Crippen LogP contribution in [0.3, 0.4) is 0 Å². The molecular weight excluding hydrogens is 382 g/mol. The Balaban J connectivity index is 0.000000469. The van der Waals surface area contributed by atoms with Crippen molar-refractivity contribution in [3.05, 3.63) is 64.7 Å². The fraction of sp³-hybridized carbons (Fsp3) is 0.348. The highest BCUT2D eigenvalue weighted by Crippen LogP contribution is 2.17. The molecule has 1 aliphatic rings. The van der Waals surface area contributed by atoms with Crippen LogP contribution in [-0.2, 0) is 27.3 Å². The molecule has 3 rings (SSSR count). The maximum atomic E-state index is 12.4. The fourth-order valence-corrected chi connectivity index (χ4v) is 2.85. The summed E-state index contributed by atoms with van der Waals surface area (Å²) in [7, 11) is 0. The Morgan fingerprint density at radius 2 is 1.87 bits per heavy atom. The number of nitrogens with one attached hydrogen (secondary N) is 2. The quantitative estimate of drug-likeness (QED) is 0.431. The second-order valence-electron chi connectivity index (χ2n) is 6.56. The summed E-state index contributed by atoms with van der Waals surface area (Å²) in [5, 5.41) is 10.1. The molecule has 0 unspecified atom stereocenters. The van der Waals surface area contributed by atoms with E-state index in [2.05, 4.69) is 26.6 Å². The number of benzene rings is 2. The fourth-order valence-electron chi connectivity index (χ4n) is 2.85. The minimum absolute atomic E-state index is 0.0980. The summed E-state index contributed by atoms with van der Waals surface area (Å²) < 4.78 is 4.40. The van der Waals surface area contributed by atoms with Crippen LogP contribution in [0.15, 0.2) is 47.6 Å². The van der Waals surface area contributed by atoms with Crippen molar-refractivity contribution in [2.75, 3.05) is 25.1 Å². The molecule has 0 spiro atoms. The topological polar surface area (TPSA) is 89.0 Å². The van der Waals surface area contributed by atoms with Crippen molar-refractivity contribution in [2.24, 2.45) is 5.16 Å². The minimum atomic E-state index is -0.211. The number of oxime groups is 1. The van der Waals surface area contributed by atoms with Gasteiger partial charge in [0, 0.05) is 24.7 Å². The number of hydrogen-bond donors (Lipinski definition) is 2. The molecule has 1 aliphatic heterocycles. The maximum absolute atomic E-state index is 12.4. The Hall–Kier alpha value is -3.19. The van der Waals surface area contributed by atoms with Crippen molar-refractivity contribution in [3.63, 3.8) is 0 Å². The summed E-state index contributed by atoms with van der Waals surface area (Å²) in [6, 6.07) is 13.4. The van der Waals surface area contributed by atoms with Crippen LogP contribution in [0.4, 0.5) is 5.69 Å². The number of nitrogens with zero attached hydrogens (tertiary/aromatic N) is 1. The van der Waals surface area contributed by atoms with Gasteiger partial charge in [-0.05, 0) is 67.8 Å². The van der Waals surface area contributed by atoms with Crippen molar-refractivity contribution in [1.29, 1.82) is 0 Å². The highest BCUT2D eigenvalue weighted by Gasteiger charge is 2.12.